The number of aryl methyl sites for hydroxylation is 1. The first kappa shape index (κ1) is 16.0. The van der Waals surface area contributed by atoms with Gasteiger partial charge < -0.3 is 4.84 Å². The number of oxime groups is 1. The zero-order valence-electron chi connectivity index (χ0n) is 12.8. The molecule has 1 unspecified atom stereocenters. The standard InChI is InChI=1S/C18H15Cl2NO2/c1-10-5-12(3-4-16(10)11(2)22)17-9-18(23-21-17)13-6-14(19)8-15(20)7-13/h3-8,18H,9H2,1-2H3. The molecule has 0 saturated heterocycles. The van der Waals surface area contributed by atoms with Gasteiger partial charge in [0.1, 0.15) is 0 Å². The molecule has 3 nitrogen and oxygen atoms in total. The number of rotatable bonds is 3. The van der Waals surface area contributed by atoms with Crippen LogP contribution in [0.25, 0.3) is 0 Å². The van der Waals surface area contributed by atoms with E-state index in [1.807, 2.05) is 37.3 Å². The molecule has 2 aromatic rings. The first-order chi connectivity index (χ1) is 10.9. The quantitative estimate of drug-likeness (QED) is 0.700. The minimum absolute atomic E-state index is 0.0603. The molecule has 118 valence electrons. The van der Waals surface area contributed by atoms with E-state index in [9.17, 15) is 4.79 Å². The molecule has 1 aliphatic heterocycles. The number of benzene rings is 2. The fourth-order valence-electron chi connectivity index (χ4n) is 2.73. The van der Waals surface area contributed by atoms with E-state index in [0.717, 1.165) is 28.0 Å². The van der Waals surface area contributed by atoms with Gasteiger partial charge >= 0.3 is 0 Å². The van der Waals surface area contributed by atoms with Gasteiger partial charge in [0.15, 0.2) is 11.9 Å². The number of halogens is 2. The summed E-state index contributed by atoms with van der Waals surface area (Å²) < 4.78 is 0. The number of carbonyl (C=O) groups is 1. The summed E-state index contributed by atoms with van der Waals surface area (Å²) in [7, 11) is 0. The number of Topliss-reactive ketones (excluding diaryl/α,β-unsaturated/α-hetero) is 1. The van der Waals surface area contributed by atoms with Crippen LogP contribution < -0.4 is 0 Å². The lowest BCUT2D eigenvalue weighted by atomic mass is 9.96. The predicted octanol–water partition coefficient (Wildman–Crippen LogP) is 5.37. The average molecular weight is 348 g/mol. The van der Waals surface area contributed by atoms with Gasteiger partial charge in [0.2, 0.25) is 0 Å². The Balaban J connectivity index is 1.82. The summed E-state index contributed by atoms with van der Waals surface area (Å²) in [5.74, 6) is 0.0603. The van der Waals surface area contributed by atoms with E-state index in [2.05, 4.69) is 5.16 Å². The molecule has 1 atom stereocenters. The Bertz CT molecular complexity index is 794. The Morgan fingerprint density at radius 2 is 1.87 bits per heavy atom. The third kappa shape index (κ3) is 3.41. The molecule has 2 aromatic carbocycles. The van der Waals surface area contributed by atoms with Crippen molar-refractivity contribution in [3.63, 3.8) is 0 Å². The topological polar surface area (TPSA) is 38.7 Å². The minimum atomic E-state index is -0.200. The molecule has 0 aliphatic carbocycles. The maximum absolute atomic E-state index is 11.5. The smallest absolute Gasteiger partial charge is 0.160 e. The SMILES string of the molecule is CC(=O)c1ccc(C2=NOC(c3cc(Cl)cc(Cl)c3)C2)cc1C. The molecule has 3 rings (SSSR count). The van der Waals surface area contributed by atoms with E-state index in [4.69, 9.17) is 28.0 Å². The number of ketones is 1. The van der Waals surface area contributed by atoms with Crippen LogP contribution in [0.2, 0.25) is 10.0 Å². The molecule has 0 saturated carbocycles. The Morgan fingerprint density at radius 1 is 1.17 bits per heavy atom. The van der Waals surface area contributed by atoms with Gasteiger partial charge in [0.25, 0.3) is 0 Å². The van der Waals surface area contributed by atoms with E-state index < -0.39 is 0 Å². The lowest BCUT2D eigenvalue weighted by Gasteiger charge is -2.09. The second-order valence-electron chi connectivity index (χ2n) is 5.62. The molecule has 0 radical (unpaired) electrons. The monoisotopic (exact) mass is 347 g/mol. The lowest BCUT2D eigenvalue weighted by Crippen LogP contribution is -2.04. The third-order valence-corrected chi connectivity index (χ3v) is 4.30. The Kier molecular flexibility index (Phi) is 4.42. The van der Waals surface area contributed by atoms with E-state index in [1.165, 1.54) is 0 Å². The fourth-order valence-corrected chi connectivity index (χ4v) is 3.27. The van der Waals surface area contributed by atoms with Crippen molar-refractivity contribution in [2.75, 3.05) is 0 Å². The van der Waals surface area contributed by atoms with Gasteiger partial charge in [0.05, 0.1) is 5.71 Å². The molecular weight excluding hydrogens is 333 g/mol. The van der Waals surface area contributed by atoms with Gasteiger partial charge in [-0.15, -0.1) is 0 Å². The average Bonchev–Trinajstić information content (AvgIpc) is 2.95. The van der Waals surface area contributed by atoms with Crippen LogP contribution >= 0.6 is 23.2 Å². The molecule has 23 heavy (non-hydrogen) atoms. The van der Waals surface area contributed by atoms with Gasteiger partial charge in [-0.1, -0.05) is 40.5 Å². The molecular formula is C18H15Cl2NO2. The normalized spacial score (nSPS) is 16.9. The van der Waals surface area contributed by atoms with Crippen molar-refractivity contribution in [2.24, 2.45) is 5.16 Å². The van der Waals surface area contributed by atoms with Crippen LogP contribution in [0.5, 0.6) is 0 Å². The summed E-state index contributed by atoms with van der Waals surface area (Å²) in [6.45, 7) is 3.49. The highest BCUT2D eigenvalue weighted by Gasteiger charge is 2.25. The molecule has 0 aromatic heterocycles. The van der Waals surface area contributed by atoms with Crippen molar-refractivity contribution in [1.29, 1.82) is 0 Å². The molecule has 0 bridgehead atoms. The molecule has 1 aliphatic rings. The number of nitrogens with zero attached hydrogens (tertiary/aromatic N) is 1. The molecule has 0 fully saturated rings. The van der Waals surface area contributed by atoms with Crippen molar-refractivity contribution >= 4 is 34.7 Å². The van der Waals surface area contributed by atoms with Gasteiger partial charge in [-0.25, -0.2) is 0 Å². The molecule has 0 N–H and O–H groups in total. The zero-order valence-corrected chi connectivity index (χ0v) is 14.3. The maximum Gasteiger partial charge on any atom is 0.160 e. The van der Waals surface area contributed by atoms with E-state index in [0.29, 0.717) is 16.5 Å². The fraction of sp³-hybridized carbons (Fsp3) is 0.222. The summed E-state index contributed by atoms with van der Waals surface area (Å²) >= 11 is 12.1. The van der Waals surface area contributed by atoms with Crippen molar-refractivity contribution in [2.45, 2.75) is 26.4 Å². The molecule has 0 spiro atoms. The van der Waals surface area contributed by atoms with Crippen LogP contribution in [0.4, 0.5) is 0 Å². The van der Waals surface area contributed by atoms with Gasteiger partial charge in [-0.2, -0.15) is 0 Å². The van der Waals surface area contributed by atoms with Gasteiger partial charge in [-0.05, 0) is 54.8 Å². The molecule has 5 heteroatoms. The van der Waals surface area contributed by atoms with Crippen molar-refractivity contribution < 1.29 is 9.63 Å². The van der Waals surface area contributed by atoms with Crippen LogP contribution in [0.15, 0.2) is 41.6 Å². The number of carbonyl (C=O) groups excluding carboxylic acids is 1. The highest BCUT2D eigenvalue weighted by Crippen LogP contribution is 2.33. The highest BCUT2D eigenvalue weighted by molar-refractivity contribution is 6.34. The van der Waals surface area contributed by atoms with Crippen molar-refractivity contribution in [1.82, 2.24) is 0 Å². The van der Waals surface area contributed by atoms with Crippen LogP contribution in [0.1, 0.15) is 46.5 Å². The third-order valence-electron chi connectivity index (χ3n) is 3.86. The Hall–Kier alpha value is -1.84. The number of hydrogen-bond acceptors (Lipinski definition) is 3. The minimum Gasteiger partial charge on any atom is -0.387 e. The van der Waals surface area contributed by atoms with E-state index in [1.54, 1.807) is 13.0 Å². The van der Waals surface area contributed by atoms with Crippen molar-refractivity contribution in [3.05, 3.63) is 68.7 Å². The summed E-state index contributed by atoms with van der Waals surface area (Å²) in [6, 6.07) is 11.1. The summed E-state index contributed by atoms with van der Waals surface area (Å²) in [4.78, 5) is 17.1. The summed E-state index contributed by atoms with van der Waals surface area (Å²) in [5.41, 5.74) is 4.38. The highest BCUT2D eigenvalue weighted by atomic mass is 35.5. The van der Waals surface area contributed by atoms with Crippen LogP contribution in [-0.4, -0.2) is 11.5 Å². The first-order valence-electron chi connectivity index (χ1n) is 7.24. The van der Waals surface area contributed by atoms with Crippen LogP contribution in [0.3, 0.4) is 0 Å². The van der Waals surface area contributed by atoms with Gasteiger partial charge in [0, 0.05) is 22.0 Å². The largest absolute Gasteiger partial charge is 0.387 e. The summed E-state index contributed by atoms with van der Waals surface area (Å²) in [6.07, 6.45) is 0.434. The summed E-state index contributed by atoms with van der Waals surface area (Å²) in [5, 5.41) is 5.33. The van der Waals surface area contributed by atoms with Crippen LogP contribution in [-0.2, 0) is 4.84 Å². The van der Waals surface area contributed by atoms with E-state index in [-0.39, 0.29) is 11.9 Å². The van der Waals surface area contributed by atoms with Gasteiger partial charge in [-0.3, -0.25) is 4.79 Å². The predicted molar refractivity (Wildman–Crippen MR) is 92.6 cm³/mol. The maximum atomic E-state index is 11.5. The molecule has 0 amide bonds. The lowest BCUT2D eigenvalue weighted by molar-refractivity contribution is 0.0857. The van der Waals surface area contributed by atoms with E-state index >= 15 is 0 Å². The first-order valence-corrected chi connectivity index (χ1v) is 8.00. The Labute approximate surface area is 144 Å². The van der Waals surface area contributed by atoms with Crippen LogP contribution in [0, 0.1) is 6.92 Å². The second-order valence-corrected chi connectivity index (χ2v) is 6.50. The molecule has 1 heterocycles. The second kappa shape index (κ2) is 6.34. The van der Waals surface area contributed by atoms with Crippen molar-refractivity contribution in [3.8, 4) is 0 Å². The Morgan fingerprint density at radius 3 is 2.48 bits per heavy atom. The zero-order chi connectivity index (χ0) is 16.6. The number of hydrogen-bond donors (Lipinski definition) is 0.